The second-order valence-corrected chi connectivity index (χ2v) is 4.27. The Hall–Kier alpha value is -1.80. The van der Waals surface area contributed by atoms with E-state index in [1.165, 1.54) is 16.7 Å². The number of fused-ring (bicyclic) bond motifs is 1. The highest BCUT2D eigenvalue weighted by atomic mass is 16.5. The summed E-state index contributed by atoms with van der Waals surface area (Å²) in [5, 5.41) is 3.27. The molecule has 1 N–H and O–H groups in total. The minimum absolute atomic E-state index is 0.314. The first kappa shape index (κ1) is 10.4. The van der Waals surface area contributed by atoms with E-state index in [0.29, 0.717) is 6.04 Å². The summed E-state index contributed by atoms with van der Waals surface area (Å²) in [6.07, 6.45) is 0. The van der Waals surface area contributed by atoms with Crippen molar-refractivity contribution in [3.63, 3.8) is 0 Å². The minimum Gasteiger partial charge on any atom is -0.491 e. The van der Waals surface area contributed by atoms with E-state index >= 15 is 0 Å². The van der Waals surface area contributed by atoms with Gasteiger partial charge < -0.3 is 10.1 Å². The molecule has 0 saturated heterocycles. The van der Waals surface area contributed by atoms with Gasteiger partial charge in [0.05, 0.1) is 6.04 Å². The van der Waals surface area contributed by atoms with E-state index in [4.69, 9.17) is 4.74 Å². The van der Waals surface area contributed by atoms with Crippen LogP contribution in [0.1, 0.15) is 11.6 Å². The van der Waals surface area contributed by atoms with E-state index in [1.54, 1.807) is 0 Å². The summed E-state index contributed by atoms with van der Waals surface area (Å²) in [7, 11) is 1.97. The van der Waals surface area contributed by atoms with E-state index in [-0.39, 0.29) is 0 Å². The Morgan fingerprint density at radius 1 is 1.06 bits per heavy atom. The maximum absolute atomic E-state index is 5.63. The third kappa shape index (κ3) is 1.81. The lowest BCUT2D eigenvalue weighted by Crippen LogP contribution is -2.17. The van der Waals surface area contributed by atoms with Crippen molar-refractivity contribution in [3.05, 3.63) is 54.1 Å². The van der Waals surface area contributed by atoms with Crippen molar-refractivity contribution < 1.29 is 4.74 Å². The molecule has 1 aliphatic heterocycles. The van der Waals surface area contributed by atoms with Crippen LogP contribution in [0.25, 0.3) is 11.1 Å². The van der Waals surface area contributed by atoms with Crippen molar-refractivity contribution in [1.82, 2.24) is 5.32 Å². The molecule has 2 nitrogen and oxygen atoms in total. The smallest absolute Gasteiger partial charge is 0.124 e. The first-order chi connectivity index (χ1) is 8.38. The van der Waals surface area contributed by atoms with Gasteiger partial charge in [0.1, 0.15) is 12.4 Å². The Balaban J connectivity index is 2.04. The van der Waals surface area contributed by atoms with E-state index in [2.05, 4.69) is 47.8 Å². The highest BCUT2D eigenvalue weighted by Crippen LogP contribution is 2.35. The lowest BCUT2D eigenvalue weighted by Gasteiger charge is -2.08. The van der Waals surface area contributed by atoms with Gasteiger partial charge in [0, 0.05) is 5.56 Å². The van der Waals surface area contributed by atoms with Gasteiger partial charge in [-0.2, -0.15) is 0 Å². The summed E-state index contributed by atoms with van der Waals surface area (Å²) in [5.74, 6) is 1.00. The van der Waals surface area contributed by atoms with Gasteiger partial charge in [0.15, 0.2) is 0 Å². The largest absolute Gasteiger partial charge is 0.491 e. The van der Waals surface area contributed by atoms with Gasteiger partial charge in [0.2, 0.25) is 0 Å². The minimum atomic E-state index is 0.314. The zero-order valence-corrected chi connectivity index (χ0v) is 9.81. The molecule has 1 unspecified atom stereocenters. The average Bonchev–Trinajstić information content (AvgIpc) is 2.81. The van der Waals surface area contributed by atoms with Gasteiger partial charge in [-0.3, -0.25) is 0 Å². The predicted molar refractivity (Wildman–Crippen MR) is 69.2 cm³/mol. The molecule has 0 saturated carbocycles. The number of ether oxygens (including phenoxy) is 1. The molecule has 0 spiro atoms. The van der Waals surface area contributed by atoms with Gasteiger partial charge in [0.25, 0.3) is 0 Å². The first-order valence-corrected chi connectivity index (χ1v) is 5.88. The van der Waals surface area contributed by atoms with Crippen LogP contribution < -0.4 is 10.1 Å². The summed E-state index contributed by atoms with van der Waals surface area (Å²) >= 11 is 0. The molecule has 0 radical (unpaired) electrons. The second kappa shape index (κ2) is 4.22. The van der Waals surface area contributed by atoms with Crippen LogP contribution in [-0.2, 0) is 0 Å². The quantitative estimate of drug-likeness (QED) is 0.848. The first-order valence-electron chi connectivity index (χ1n) is 5.88. The fourth-order valence-electron chi connectivity index (χ4n) is 2.26. The predicted octanol–water partition coefficient (Wildman–Crippen LogP) is 3.01. The van der Waals surface area contributed by atoms with Crippen molar-refractivity contribution >= 4 is 0 Å². The van der Waals surface area contributed by atoms with Crippen LogP contribution in [0.3, 0.4) is 0 Å². The maximum atomic E-state index is 5.63. The molecular weight excluding hydrogens is 210 g/mol. The standard InChI is InChI=1S/C15H15NO/c1-16-14-10-17-15-8-7-12(9-13(14)15)11-5-3-2-4-6-11/h2-9,14,16H,10H2,1H3. The highest BCUT2D eigenvalue weighted by molar-refractivity contribution is 5.66. The lowest BCUT2D eigenvalue weighted by atomic mass is 10.0. The molecule has 0 fully saturated rings. The van der Waals surface area contributed by atoms with E-state index < -0.39 is 0 Å². The maximum Gasteiger partial charge on any atom is 0.124 e. The van der Waals surface area contributed by atoms with Gasteiger partial charge in [-0.25, -0.2) is 0 Å². The molecule has 3 rings (SSSR count). The zero-order valence-electron chi connectivity index (χ0n) is 9.81. The number of likely N-dealkylation sites (N-methyl/N-ethyl adjacent to an activating group) is 1. The third-order valence-corrected chi connectivity index (χ3v) is 3.25. The average molecular weight is 225 g/mol. The van der Waals surface area contributed by atoms with Crippen molar-refractivity contribution in [3.8, 4) is 16.9 Å². The Morgan fingerprint density at radius 2 is 1.88 bits per heavy atom. The molecule has 1 heterocycles. The molecule has 1 aliphatic rings. The number of hydrogen-bond acceptors (Lipinski definition) is 2. The normalized spacial score (nSPS) is 17.6. The van der Waals surface area contributed by atoms with Crippen LogP contribution in [0.2, 0.25) is 0 Å². The summed E-state index contributed by atoms with van der Waals surface area (Å²) in [4.78, 5) is 0. The Bertz CT molecular complexity index is 522. The molecule has 1 atom stereocenters. The molecular formula is C15H15NO. The topological polar surface area (TPSA) is 21.3 Å². The van der Waals surface area contributed by atoms with E-state index in [0.717, 1.165) is 12.4 Å². The van der Waals surface area contributed by atoms with E-state index in [1.807, 2.05) is 13.1 Å². The Labute approximate surface area is 101 Å². The SMILES string of the molecule is CNC1COc2ccc(-c3ccccc3)cc21. The van der Waals surface area contributed by atoms with E-state index in [9.17, 15) is 0 Å². The van der Waals surface area contributed by atoms with Crippen LogP contribution in [-0.4, -0.2) is 13.7 Å². The second-order valence-electron chi connectivity index (χ2n) is 4.27. The molecule has 0 amide bonds. The molecule has 0 bridgehead atoms. The number of rotatable bonds is 2. The van der Waals surface area contributed by atoms with Crippen LogP contribution in [0.15, 0.2) is 48.5 Å². The number of hydrogen-bond donors (Lipinski definition) is 1. The summed E-state index contributed by atoms with van der Waals surface area (Å²) < 4.78 is 5.63. The van der Waals surface area contributed by atoms with Crippen molar-refractivity contribution in [2.45, 2.75) is 6.04 Å². The molecule has 86 valence electrons. The van der Waals surface area contributed by atoms with Gasteiger partial charge >= 0.3 is 0 Å². The van der Waals surface area contributed by atoms with Crippen molar-refractivity contribution in [1.29, 1.82) is 0 Å². The molecule has 0 aromatic heterocycles. The van der Waals surface area contributed by atoms with Gasteiger partial charge in [-0.15, -0.1) is 0 Å². The summed E-state index contributed by atoms with van der Waals surface area (Å²) in [6, 6.07) is 17.1. The van der Waals surface area contributed by atoms with Crippen LogP contribution >= 0.6 is 0 Å². The zero-order chi connectivity index (χ0) is 11.7. The Morgan fingerprint density at radius 3 is 2.65 bits per heavy atom. The van der Waals surface area contributed by atoms with Crippen molar-refractivity contribution in [2.24, 2.45) is 0 Å². The molecule has 0 aliphatic carbocycles. The monoisotopic (exact) mass is 225 g/mol. The molecule has 2 aromatic carbocycles. The fraction of sp³-hybridized carbons (Fsp3) is 0.200. The van der Waals surface area contributed by atoms with Gasteiger partial charge in [-0.1, -0.05) is 36.4 Å². The Kier molecular flexibility index (Phi) is 2.57. The van der Waals surface area contributed by atoms with Crippen LogP contribution in [0.4, 0.5) is 0 Å². The third-order valence-electron chi connectivity index (χ3n) is 3.25. The lowest BCUT2D eigenvalue weighted by molar-refractivity contribution is 0.318. The summed E-state index contributed by atoms with van der Waals surface area (Å²) in [6.45, 7) is 0.726. The fourth-order valence-corrected chi connectivity index (χ4v) is 2.26. The molecule has 2 heteroatoms. The summed E-state index contributed by atoms with van der Waals surface area (Å²) in [5.41, 5.74) is 3.75. The molecule has 17 heavy (non-hydrogen) atoms. The van der Waals surface area contributed by atoms with Crippen LogP contribution in [0, 0.1) is 0 Å². The van der Waals surface area contributed by atoms with Crippen LogP contribution in [0.5, 0.6) is 5.75 Å². The highest BCUT2D eigenvalue weighted by Gasteiger charge is 2.22. The number of benzene rings is 2. The van der Waals surface area contributed by atoms with Crippen molar-refractivity contribution in [2.75, 3.05) is 13.7 Å². The van der Waals surface area contributed by atoms with Gasteiger partial charge in [-0.05, 0) is 30.3 Å². The molecule has 2 aromatic rings. The number of nitrogens with one attached hydrogen (secondary N) is 1.